The number of amides is 2. The molecule has 1 fully saturated rings. The predicted octanol–water partition coefficient (Wildman–Crippen LogP) is 3.81. The van der Waals surface area contributed by atoms with Gasteiger partial charge in [-0.15, -0.1) is 0 Å². The van der Waals surface area contributed by atoms with Crippen LogP contribution in [0.1, 0.15) is 39.2 Å². The van der Waals surface area contributed by atoms with E-state index in [2.05, 4.69) is 0 Å². The molecule has 5 heteroatoms. The molecule has 1 heterocycles. The average Bonchev–Trinajstić information content (AvgIpc) is 2.71. The maximum absolute atomic E-state index is 12.2. The Morgan fingerprint density at radius 1 is 1.33 bits per heavy atom. The Morgan fingerprint density at radius 3 is 2.52 bits per heavy atom. The molecule has 0 bridgehead atoms. The van der Waals surface area contributed by atoms with Crippen LogP contribution < -0.4 is 0 Å². The first kappa shape index (κ1) is 15.8. The van der Waals surface area contributed by atoms with E-state index in [9.17, 15) is 9.59 Å². The van der Waals surface area contributed by atoms with E-state index in [0.29, 0.717) is 24.3 Å². The maximum Gasteiger partial charge on any atom is 0.417 e. The summed E-state index contributed by atoms with van der Waals surface area (Å²) in [5.41, 5.74) is 0.442. The van der Waals surface area contributed by atoms with E-state index in [1.807, 2.05) is 24.3 Å². The van der Waals surface area contributed by atoms with Crippen LogP contribution in [0.15, 0.2) is 24.3 Å². The van der Waals surface area contributed by atoms with Crippen LogP contribution in [0.3, 0.4) is 0 Å². The third kappa shape index (κ3) is 4.21. The Bertz CT molecular complexity index is 533. The van der Waals surface area contributed by atoms with Crippen LogP contribution >= 0.6 is 11.6 Å². The second-order valence-corrected chi connectivity index (χ2v) is 6.70. The van der Waals surface area contributed by atoms with Gasteiger partial charge in [0.1, 0.15) is 5.60 Å². The van der Waals surface area contributed by atoms with Crippen molar-refractivity contribution in [2.45, 2.75) is 51.7 Å². The second-order valence-electron chi connectivity index (χ2n) is 6.27. The normalized spacial score (nSPS) is 19.0. The van der Waals surface area contributed by atoms with Crippen molar-refractivity contribution in [2.75, 3.05) is 0 Å². The summed E-state index contributed by atoms with van der Waals surface area (Å²) in [5.74, 6) is -0.164. The number of likely N-dealkylation sites (tertiary alicyclic amines) is 1. The standard InChI is InChI=1S/C16H20ClNO3/c1-16(2,3)21-15(20)18-13(8-9-14(18)19)10-11-4-6-12(17)7-5-11/h4-7,13H,8-10H2,1-3H3. The molecule has 0 N–H and O–H groups in total. The molecule has 1 unspecified atom stereocenters. The fourth-order valence-corrected chi connectivity index (χ4v) is 2.52. The molecule has 2 amide bonds. The predicted molar refractivity (Wildman–Crippen MR) is 81.3 cm³/mol. The topological polar surface area (TPSA) is 46.6 Å². The largest absolute Gasteiger partial charge is 0.443 e. The van der Waals surface area contributed by atoms with Crippen LogP contribution in [0.25, 0.3) is 0 Å². The minimum absolute atomic E-state index is 0.145. The summed E-state index contributed by atoms with van der Waals surface area (Å²) in [6.07, 6.45) is 1.13. The van der Waals surface area contributed by atoms with Gasteiger partial charge in [0.15, 0.2) is 0 Å². The van der Waals surface area contributed by atoms with Gasteiger partial charge in [0, 0.05) is 17.5 Å². The molecule has 0 aromatic heterocycles. The molecular formula is C16H20ClNO3. The zero-order valence-electron chi connectivity index (χ0n) is 12.6. The number of nitrogens with zero attached hydrogens (tertiary/aromatic N) is 1. The van der Waals surface area contributed by atoms with Crippen LogP contribution in [0.5, 0.6) is 0 Å². The lowest BCUT2D eigenvalue weighted by atomic mass is 10.0. The van der Waals surface area contributed by atoms with Crippen LogP contribution in [0.2, 0.25) is 5.02 Å². The quantitative estimate of drug-likeness (QED) is 0.834. The maximum atomic E-state index is 12.2. The van der Waals surface area contributed by atoms with Gasteiger partial charge in [-0.3, -0.25) is 4.79 Å². The smallest absolute Gasteiger partial charge is 0.417 e. The summed E-state index contributed by atoms with van der Waals surface area (Å²) in [5, 5.41) is 0.672. The number of rotatable bonds is 2. The number of hydrogen-bond acceptors (Lipinski definition) is 3. The van der Waals surface area contributed by atoms with Crippen molar-refractivity contribution in [2.24, 2.45) is 0 Å². The highest BCUT2D eigenvalue weighted by Crippen LogP contribution is 2.25. The van der Waals surface area contributed by atoms with Gasteiger partial charge in [-0.25, -0.2) is 9.69 Å². The zero-order valence-corrected chi connectivity index (χ0v) is 13.3. The summed E-state index contributed by atoms with van der Waals surface area (Å²) in [4.78, 5) is 25.4. The molecule has 1 aliphatic heterocycles. The highest BCUT2D eigenvalue weighted by atomic mass is 35.5. The number of hydrogen-bond donors (Lipinski definition) is 0. The van der Waals surface area contributed by atoms with Crippen molar-refractivity contribution in [1.82, 2.24) is 4.90 Å². The van der Waals surface area contributed by atoms with Crippen LogP contribution in [-0.4, -0.2) is 28.5 Å². The van der Waals surface area contributed by atoms with Crippen LogP contribution in [0.4, 0.5) is 4.79 Å². The lowest BCUT2D eigenvalue weighted by Gasteiger charge is -2.27. The van der Waals surface area contributed by atoms with E-state index < -0.39 is 11.7 Å². The first-order chi connectivity index (χ1) is 9.76. The average molecular weight is 310 g/mol. The minimum atomic E-state index is -0.606. The molecular weight excluding hydrogens is 290 g/mol. The van der Waals surface area contributed by atoms with Crippen molar-refractivity contribution in [1.29, 1.82) is 0 Å². The molecule has 0 spiro atoms. The van der Waals surface area contributed by atoms with E-state index in [1.165, 1.54) is 4.90 Å². The van der Waals surface area contributed by atoms with Crippen molar-refractivity contribution >= 4 is 23.6 Å². The summed E-state index contributed by atoms with van der Waals surface area (Å²) in [7, 11) is 0. The fraction of sp³-hybridized carbons (Fsp3) is 0.500. The Hall–Kier alpha value is -1.55. The fourth-order valence-electron chi connectivity index (χ4n) is 2.39. The van der Waals surface area contributed by atoms with Gasteiger partial charge in [0.05, 0.1) is 0 Å². The van der Waals surface area contributed by atoms with Crippen molar-refractivity contribution < 1.29 is 14.3 Å². The van der Waals surface area contributed by atoms with Gasteiger partial charge in [-0.2, -0.15) is 0 Å². The van der Waals surface area contributed by atoms with E-state index in [-0.39, 0.29) is 11.9 Å². The van der Waals surface area contributed by atoms with Crippen molar-refractivity contribution in [3.8, 4) is 0 Å². The summed E-state index contributed by atoms with van der Waals surface area (Å²) >= 11 is 5.86. The molecule has 0 aliphatic carbocycles. The minimum Gasteiger partial charge on any atom is -0.443 e. The highest BCUT2D eigenvalue weighted by molar-refractivity contribution is 6.30. The SMILES string of the molecule is CC(C)(C)OC(=O)N1C(=O)CCC1Cc1ccc(Cl)cc1. The second kappa shape index (κ2) is 6.06. The van der Waals surface area contributed by atoms with E-state index in [0.717, 1.165) is 5.56 Å². The summed E-state index contributed by atoms with van der Waals surface area (Å²) in [6.45, 7) is 5.37. The van der Waals surface area contributed by atoms with Gasteiger partial charge in [-0.1, -0.05) is 23.7 Å². The third-order valence-corrected chi connectivity index (χ3v) is 3.55. The molecule has 2 rings (SSSR count). The monoisotopic (exact) mass is 309 g/mol. The molecule has 1 atom stereocenters. The highest BCUT2D eigenvalue weighted by Gasteiger charge is 2.38. The summed E-state index contributed by atoms with van der Waals surface area (Å²) < 4.78 is 5.32. The number of ether oxygens (including phenoxy) is 1. The van der Waals surface area contributed by atoms with Gasteiger partial charge in [-0.05, 0) is 51.3 Å². The Labute approximate surface area is 130 Å². The zero-order chi connectivity index (χ0) is 15.6. The van der Waals surface area contributed by atoms with Gasteiger partial charge < -0.3 is 4.74 Å². The molecule has 1 aromatic rings. The number of carbonyl (C=O) groups excluding carboxylic acids is 2. The molecule has 1 saturated heterocycles. The number of benzene rings is 1. The van der Waals surface area contributed by atoms with E-state index in [1.54, 1.807) is 20.8 Å². The van der Waals surface area contributed by atoms with E-state index in [4.69, 9.17) is 16.3 Å². The lowest BCUT2D eigenvalue weighted by molar-refractivity contribution is -0.128. The molecule has 1 aromatic carbocycles. The van der Waals surface area contributed by atoms with Gasteiger partial charge >= 0.3 is 6.09 Å². The van der Waals surface area contributed by atoms with Crippen LogP contribution in [0, 0.1) is 0 Å². The van der Waals surface area contributed by atoms with Crippen molar-refractivity contribution in [3.63, 3.8) is 0 Å². The lowest BCUT2D eigenvalue weighted by Crippen LogP contribution is -2.43. The summed E-state index contributed by atoms with van der Waals surface area (Å²) in [6, 6.07) is 7.31. The molecule has 114 valence electrons. The molecule has 0 saturated carbocycles. The third-order valence-electron chi connectivity index (χ3n) is 3.30. The Kier molecular flexibility index (Phi) is 4.57. The first-order valence-electron chi connectivity index (χ1n) is 7.06. The molecule has 1 aliphatic rings. The number of halogens is 1. The van der Waals surface area contributed by atoms with Crippen molar-refractivity contribution in [3.05, 3.63) is 34.9 Å². The van der Waals surface area contributed by atoms with E-state index >= 15 is 0 Å². The molecule has 4 nitrogen and oxygen atoms in total. The van der Waals surface area contributed by atoms with Gasteiger partial charge in [0.2, 0.25) is 5.91 Å². The van der Waals surface area contributed by atoms with Gasteiger partial charge in [0.25, 0.3) is 0 Å². The molecule has 21 heavy (non-hydrogen) atoms. The van der Waals surface area contributed by atoms with Crippen LogP contribution in [-0.2, 0) is 16.0 Å². The Morgan fingerprint density at radius 2 is 1.95 bits per heavy atom. The molecule has 0 radical (unpaired) electrons. The first-order valence-corrected chi connectivity index (χ1v) is 7.43. The number of carbonyl (C=O) groups is 2. The number of imide groups is 1. The Balaban J connectivity index is 2.09.